The van der Waals surface area contributed by atoms with Gasteiger partial charge in [0.15, 0.2) is 0 Å². The Morgan fingerprint density at radius 3 is 1.90 bits per heavy atom. The van der Waals surface area contributed by atoms with E-state index < -0.39 is 0 Å². The summed E-state index contributed by atoms with van der Waals surface area (Å²) in [4.78, 5) is 9.22. The fourth-order valence-electron chi connectivity index (χ4n) is 2.06. The van der Waals surface area contributed by atoms with Crippen LogP contribution in [0.15, 0.2) is 24.3 Å². The summed E-state index contributed by atoms with van der Waals surface area (Å²) in [5.41, 5.74) is 7.25. The molecule has 0 spiro atoms. The first-order chi connectivity index (χ1) is 9.87. The molecule has 1 aromatic carbocycles. The Kier molecular flexibility index (Phi) is 15.8. The molecule has 0 saturated heterocycles. The van der Waals surface area contributed by atoms with Crippen molar-refractivity contribution in [3.63, 3.8) is 0 Å². The molecule has 0 aliphatic heterocycles. The normalized spacial score (nSPS) is 9.29. The van der Waals surface area contributed by atoms with Crippen molar-refractivity contribution in [3.8, 4) is 0 Å². The summed E-state index contributed by atoms with van der Waals surface area (Å²) in [6, 6.07) is 8.61. The van der Waals surface area contributed by atoms with Crippen LogP contribution in [0.2, 0.25) is 0 Å². The van der Waals surface area contributed by atoms with Gasteiger partial charge in [0.1, 0.15) is 0 Å². The predicted molar refractivity (Wildman–Crippen MR) is 94.4 cm³/mol. The van der Waals surface area contributed by atoms with Crippen molar-refractivity contribution < 1.29 is 4.79 Å². The highest BCUT2D eigenvalue weighted by molar-refractivity contribution is 5.70. The number of hydrogen-bond acceptors (Lipinski definition) is 1. The van der Waals surface area contributed by atoms with Crippen molar-refractivity contribution >= 4 is 5.91 Å². The van der Waals surface area contributed by atoms with Crippen LogP contribution in [-0.4, -0.2) is 5.91 Å². The molecule has 1 aromatic rings. The number of nitrogens with two attached hydrogens (primary N) is 1. The minimum Gasteiger partial charge on any atom is -0.370 e. The highest BCUT2D eigenvalue weighted by Gasteiger charge is 1.95. The van der Waals surface area contributed by atoms with Crippen LogP contribution < -0.4 is 5.73 Å². The van der Waals surface area contributed by atoms with Gasteiger partial charge in [0.05, 0.1) is 0 Å². The van der Waals surface area contributed by atoms with Crippen LogP contribution in [0, 0.1) is 12.8 Å². The van der Waals surface area contributed by atoms with Gasteiger partial charge in [-0.25, -0.2) is 0 Å². The lowest BCUT2D eigenvalue weighted by atomic mass is 10.0. The highest BCUT2D eigenvalue weighted by atomic mass is 16.1. The standard InChI is InChI=1S/C9H12.C8H18.C2H5NO/c1-3-9-6-4-5-8(2)7-9;1-4-6-8(3)7-5-2;1-2(3)4/h4-7H,3H2,1-2H3;8H,4-7H2,1-3H3;1H3,(H2,3,4). The molecule has 122 valence electrons. The number of carbonyl (C=O) groups is 1. The van der Waals surface area contributed by atoms with E-state index in [1.807, 2.05) is 0 Å². The molecule has 0 aliphatic carbocycles. The fourth-order valence-corrected chi connectivity index (χ4v) is 2.06. The third-order valence-corrected chi connectivity index (χ3v) is 3.05. The van der Waals surface area contributed by atoms with Gasteiger partial charge >= 0.3 is 0 Å². The fraction of sp³-hybridized carbons (Fsp3) is 0.632. The van der Waals surface area contributed by atoms with Gasteiger partial charge in [-0.15, -0.1) is 0 Å². The molecule has 21 heavy (non-hydrogen) atoms. The van der Waals surface area contributed by atoms with Crippen molar-refractivity contribution in [3.05, 3.63) is 35.4 Å². The lowest BCUT2D eigenvalue weighted by Gasteiger charge is -2.05. The van der Waals surface area contributed by atoms with Crippen LogP contribution in [0.1, 0.15) is 71.4 Å². The first-order valence-corrected chi connectivity index (χ1v) is 8.18. The smallest absolute Gasteiger partial charge is 0.214 e. The molecule has 1 amide bonds. The van der Waals surface area contributed by atoms with E-state index in [2.05, 4.69) is 64.6 Å². The summed E-state index contributed by atoms with van der Waals surface area (Å²) in [5, 5.41) is 0. The minimum absolute atomic E-state index is 0.333. The molecule has 2 nitrogen and oxygen atoms in total. The molecule has 0 radical (unpaired) electrons. The van der Waals surface area contributed by atoms with E-state index >= 15 is 0 Å². The zero-order chi connectivity index (χ0) is 16.7. The minimum atomic E-state index is -0.333. The maximum absolute atomic E-state index is 9.22. The molecular weight excluding hydrogens is 258 g/mol. The van der Waals surface area contributed by atoms with Gasteiger partial charge < -0.3 is 5.73 Å². The van der Waals surface area contributed by atoms with Crippen molar-refractivity contribution in [2.24, 2.45) is 11.7 Å². The summed E-state index contributed by atoms with van der Waals surface area (Å²) < 4.78 is 0. The Labute approximate surface area is 132 Å². The van der Waals surface area contributed by atoms with Gasteiger partial charge in [-0.3, -0.25) is 4.79 Å². The van der Waals surface area contributed by atoms with Crippen LogP contribution in [-0.2, 0) is 11.2 Å². The molecule has 2 heteroatoms. The molecule has 0 bridgehead atoms. The monoisotopic (exact) mass is 293 g/mol. The first kappa shape index (κ1) is 22.0. The van der Waals surface area contributed by atoms with E-state index in [1.54, 1.807) is 0 Å². The first-order valence-electron chi connectivity index (χ1n) is 8.18. The summed E-state index contributed by atoms with van der Waals surface area (Å²) in [7, 11) is 0. The van der Waals surface area contributed by atoms with Gasteiger partial charge in [-0.1, -0.05) is 83.2 Å². The molecular formula is C19H35NO. The quantitative estimate of drug-likeness (QED) is 0.789. The third-order valence-electron chi connectivity index (χ3n) is 3.05. The van der Waals surface area contributed by atoms with Crippen LogP contribution >= 0.6 is 0 Å². The number of hydrogen-bond donors (Lipinski definition) is 1. The Balaban J connectivity index is 0. The van der Waals surface area contributed by atoms with E-state index in [0.29, 0.717) is 0 Å². The summed E-state index contributed by atoms with van der Waals surface area (Å²) in [6.45, 7) is 12.5. The summed E-state index contributed by atoms with van der Waals surface area (Å²) in [5.74, 6) is 0.630. The van der Waals surface area contributed by atoms with E-state index in [9.17, 15) is 4.79 Å². The van der Waals surface area contributed by atoms with E-state index in [4.69, 9.17) is 0 Å². The molecule has 0 atom stereocenters. The zero-order valence-electron chi connectivity index (χ0n) is 14.9. The lowest BCUT2D eigenvalue weighted by Crippen LogP contribution is -2.01. The van der Waals surface area contributed by atoms with Crippen molar-refractivity contribution in [2.45, 2.75) is 73.6 Å². The largest absolute Gasteiger partial charge is 0.370 e. The van der Waals surface area contributed by atoms with E-state index in [-0.39, 0.29) is 5.91 Å². The van der Waals surface area contributed by atoms with Gasteiger partial charge in [-0.2, -0.15) is 0 Å². The third kappa shape index (κ3) is 18.7. The van der Waals surface area contributed by atoms with Crippen LogP contribution in [0.5, 0.6) is 0 Å². The molecule has 2 N–H and O–H groups in total. The molecule has 0 unspecified atom stereocenters. The maximum atomic E-state index is 9.22. The highest BCUT2D eigenvalue weighted by Crippen LogP contribution is 2.10. The van der Waals surface area contributed by atoms with Gasteiger partial charge in [0.2, 0.25) is 5.91 Å². The Morgan fingerprint density at radius 2 is 1.62 bits per heavy atom. The number of rotatable bonds is 5. The van der Waals surface area contributed by atoms with Crippen molar-refractivity contribution in [1.82, 2.24) is 0 Å². The number of benzene rings is 1. The summed E-state index contributed by atoms with van der Waals surface area (Å²) >= 11 is 0. The second-order valence-corrected chi connectivity index (χ2v) is 5.64. The average molecular weight is 293 g/mol. The van der Waals surface area contributed by atoms with E-state index in [0.717, 1.165) is 12.3 Å². The Morgan fingerprint density at radius 1 is 1.14 bits per heavy atom. The van der Waals surface area contributed by atoms with Gasteiger partial charge in [-0.05, 0) is 24.8 Å². The van der Waals surface area contributed by atoms with Crippen LogP contribution in [0.3, 0.4) is 0 Å². The van der Waals surface area contributed by atoms with Crippen LogP contribution in [0.4, 0.5) is 0 Å². The van der Waals surface area contributed by atoms with Crippen LogP contribution in [0.25, 0.3) is 0 Å². The van der Waals surface area contributed by atoms with E-state index in [1.165, 1.54) is 43.7 Å². The zero-order valence-corrected chi connectivity index (χ0v) is 14.9. The predicted octanol–water partition coefficient (Wildman–Crippen LogP) is 5.27. The number of carbonyl (C=O) groups excluding carboxylic acids is 1. The summed E-state index contributed by atoms with van der Waals surface area (Å²) in [6.07, 6.45) is 6.66. The number of primary amides is 1. The Bertz CT molecular complexity index is 350. The second-order valence-electron chi connectivity index (χ2n) is 5.64. The van der Waals surface area contributed by atoms with Crippen molar-refractivity contribution in [2.75, 3.05) is 0 Å². The SMILES string of the molecule is CC(N)=O.CCCC(C)CCC.CCc1cccc(C)c1. The maximum Gasteiger partial charge on any atom is 0.214 e. The molecule has 0 fully saturated rings. The molecule has 0 saturated carbocycles. The second kappa shape index (κ2) is 15.1. The number of amides is 1. The molecule has 0 aliphatic rings. The topological polar surface area (TPSA) is 43.1 Å². The average Bonchev–Trinajstić information content (AvgIpc) is 2.39. The van der Waals surface area contributed by atoms with Gasteiger partial charge in [0, 0.05) is 6.92 Å². The number of aryl methyl sites for hydroxylation is 2. The molecule has 0 aromatic heterocycles. The lowest BCUT2D eigenvalue weighted by molar-refractivity contribution is -0.115. The Hall–Kier alpha value is -1.31. The molecule has 1 rings (SSSR count). The van der Waals surface area contributed by atoms with Gasteiger partial charge in [0.25, 0.3) is 0 Å². The van der Waals surface area contributed by atoms with Crippen molar-refractivity contribution in [1.29, 1.82) is 0 Å². The molecule has 0 heterocycles.